The normalized spacial score (nSPS) is 17.9. The van der Waals surface area contributed by atoms with Crippen LogP contribution in [0.3, 0.4) is 0 Å². The number of nitrogens with zero attached hydrogens (tertiary/aromatic N) is 3. The van der Waals surface area contributed by atoms with E-state index in [9.17, 15) is 0 Å². The summed E-state index contributed by atoms with van der Waals surface area (Å²) in [6.45, 7) is 4.39. The van der Waals surface area contributed by atoms with Crippen LogP contribution in [0.25, 0.3) is 0 Å². The molecule has 1 saturated heterocycles. The average molecular weight is 455 g/mol. The molecule has 1 N–H and O–H groups in total. The Morgan fingerprint density at radius 2 is 1.61 bits per heavy atom. The van der Waals surface area contributed by atoms with Gasteiger partial charge in [-0.1, -0.05) is 24.3 Å². The van der Waals surface area contributed by atoms with Gasteiger partial charge in [0.2, 0.25) is 0 Å². The molecule has 0 saturated carbocycles. The van der Waals surface area contributed by atoms with Crippen LogP contribution in [0.4, 0.5) is 5.69 Å². The van der Waals surface area contributed by atoms with Crippen LogP contribution in [0.15, 0.2) is 97.3 Å². The number of rotatable bonds is 6. The van der Waals surface area contributed by atoms with Crippen LogP contribution < -0.4 is 15.0 Å². The minimum absolute atomic E-state index is 0.0364. The van der Waals surface area contributed by atoms with E-state index in [0.29, 0.717) is 11.2 Å². The number of nitrogens with one attached hydrogen (secondary N) is 1. The van der Waals surface area contributed by atoms with Crippen molar-refractivity contribution in [2.75, 3.05) is 4.90 Å². The Morgan fingerprint density at radius 1 is 0.879 bits per heavy atom. The van der Waals surface area contributed by atoms with E-state index in [1.807, 2.05) is 60.8 Å². The highest BCUT2D eigenvalue weighted by molar-refractivity contribution is 7.80. The third-order valence-corrected chi connectivity index (χ3v) is 6.18. The van der Waals surface area contributed by atoms with Crippen molar-refractivity contribution >= 4 is 23.0 Å². The number of hydrogen-bond donors (Lipinski definition) is 1. The van der Waals surface area contributed by atoms with Crippen LogP contribution in [0.1, 0.15) is 43.4 Å². The molecule has 33 heavy (non-hydrogen) atoms. The van der Waals surface area contributed by atoms with E-state index in [0.717, 1.165) is 22.9 Å². The molecule has 0 radical (unpaired) electrons. The minimum Gasteiger partial charge on any atom is -0.457 e. The predicted molar refractivity (Wildman–Crippen MR) is 136 cm³/mol. The lowest BCUT2D eigenvalue weighted by Gasteiger charge is -2.30. The lowest BCUT2D eigenvalue weighted by molar-refractivity contribution is 0.482. The maximum Gasteiger partial charge on any atom is 0.174 e. The predicted octanol–water partition coefficient (Wildman–Crippen LogP) is 6.43. The summed E-state index contributed by atoms with van der Waals surface area (Å²) in [5.74, 6) is 1.60. The Balaban J connectivity index is 1.52. The smallest absolute Gasteiger partial charge is 0.174 e. The molecule has 5 nitrogen and oxygen atoms in total. The number of hydrogen-bond acceptors (Lipinski definition) is 3. The first-order chi connectivity index (χ1) is 16.1. The third-order valence-electron chi connectivity index (χ3n) is 5.86. The van der Waals surface area contributed by atoms with Gasteiger partial charge >= 0.3 is 0 Å². The fourth-order valence-corrected chi connectivity index (χ4v) is 4.71. The molecule has 0 amide bonds. The summed E-state index contributed by atoms with van der Waals surface area (Å²) in [7, 11) is 0. The van der Waals surface area contributed by atoms with Crippen molar-refractivity contribution in [1.82, 2.24) is 14.9 Å². The first-order valence-corrected chi connectivity index (χ1v) is 11.5. The van der Waals surface area contributed by atoms with Gasteiger partial charge < -0.3 is 19.5 Å². The molecule has 0 bridgehead atoms. The van der Waals surface area contributed by atoms with Crippen molar-refractivity contribution in [3.8, 4) is 11.5 Å². The Hall–Kier alpha value is -3.64. The van der Waals surface area contributed by atoms with E-state index in [-0.39, 0.29) is 12.1 Å². The van der Waals surface area contributed by atoms with Gasteiger partial charge in [-0.3, -0.25) is 4.98 Å². The van der Waals surface area contributed by atoms with Crippen molar-refractivity contribution in [2.45, 2.75) is 32.0 Å². The van der Waals surface area contributed by atoms with Crippen LogP contribution in [-0.4, -0.2) is 14.7 Å². The summed E-state index contributed by atoms with van der Waals surface area (Å²) >= 11 is 5.84. The summed E-state index contributed by atoms with van der Waals surface area (Å²) in [5, 5.41) is 4.21. The number of thiocarbonyl (C=S) groups is 1. The Labute approximate surface area is 199 Å². The van der Waals surface area contributed by atoms with Gasteiger partial charge in [0.1, 0.15) is 17.5 Å². The average Bonchev–Trinajstić information content (AvgIpc) is 3.45. The second kappa shape index (κ2) is 9.08. The van der Waals surface area contributed by atoms with Crippen LogP contribution in [0.2, 0.25) is 0 Å². The van der Waals surface area contributed by atoms with Crippen LogP contribution in [0, 0.1) is 0 Å². The van der Waals surface area contributed by atoms with E-state index in [4.69, 9.17) is 17.0 Å². The number of ether oxygens (including phenoxy) is 1. The van der Waals surface area contributed by atoms with Gasteiger partial charge in [-0.15, -0.1) is 0 Å². The van der Waals surface area contributed by atoms with Crippen molar-refractivity contribution in [3.63, 3.8) is 0 Å². The summed E-state index contributed by atoms with van der Waals surface area (Å²) < 4.78 is 8.28. The van der Waals surface area contributed by atoms with Crippen molar-refractivity contribution in [2.24, 2.45) is 0 Å². The van der Waals surface area contributed by atoms with Gasteiger partial charge in [0.15, 0.2) is 5.11 Å². The molecule has 2 unspecified atom stereocenters. The number of para-hydroxylation sites is 1. The molecule has 2 aromatic carbocycles. The summed E-state index contributed by atoms with van der Waals surface area (Å²) in [6.07, 6.45) is 3.96. The van der Waals surface area contributed by atoms with Crippen molar-refractivity contribution in [1.29, 1.82) is 0 Å². The largest absolute Gasteiger partial charge is 0.457 e. The first kappa shape index (κ1) is 21.2. The maximum atomic E-state index is 5.98. The van der Waals surface area contributed by atoms with Crippen molar-refractivity contribution < 1.29 is 4.74 Å². The summed E-state index contributed by atoms with van der Waals surface area (Å²) in [6, 6.07) is 28.4. The number of anilines is 1. The molecule has 1 fully saturated rings. The monoisotopic (exact) mass is 454 g/mol. The van der Waals surface area contributed by atoms with E-state index >= 15 is 0 Å². The number of benzene rings is 2. The zero-order valence-corrected chi connectivity index (χ0v) is 19.4. The molecule has 5 rings (SSSR count). The Kier molecular flexibility index (Phi) is 5.84. The highest BCUT2D eigenvalue weighted by atomic mass is 32.1. The molecule has 0 aliphatic carbocycles. The zero-order chi connectivity index (χ0) is 22.8. The molecule has 2 atom stereocenters. The first-order valence-electron chi connectivity index (χ1n) is 11.1. The van der Waals surface area contributed by atoms with Crippen LogP contribution in [0.5, 0.6) is 11.5 Å². The lowest BCUT2D eigenvalue weighted by Crippen LogP contribution is -2.30. The number of pyridine rings is 1. The maximum absolute atomic E-state index is 5.98. The lowest BCUT2D eigenvalue weighted by atomic mass is 10.0. The second-order valence-corrected chi connectivity index (χ2v) is 8.73. The van der Waals surface area contributed by atoms with Gasteiger partial charge in [-0.05, 0) is 86.7 Å². The van der Waals surface area contributed by atoms with E-state index in [1.165, 1.54) is 5.69 Å². The summed E-state index contributed by atoms with van der Waals surface area (Å²) in [5.41, 5.74) is 3.17. The van der Waals surface area contributed by atoms with Gasteiger partial charge in [-0.2, -0.15) is 0 Å². The van der Waals surface area contributed by atoms with Crippen LogP contribution in [-0.2, 0) is 0 Å². The fourth-order valence-electron chi connectivity index (χ4n) is 4.36. The minimum atomic E-state index is -0.0636. The SMILES string of the molecule is CC(C)n1cccc1C1C(c2ccccn2)NC(=S)N1c1ccc(Oc2ccccc2)cc1. The molecule has 1 aliphatic heterocycles. The molecule has 3 heterocycles. The van der Waals surface area contributed by atoms with E-state index < -0.39 is 0 Å². The molecule has 0 spiro atoms. The van der Waals surface area contributed by atoms with E-state index in [1.54, 1.807) is 0 Å². The molecule has 2 aromatic heterocycles. The Morgan fingerprint density at radius 3 is 2.30 bits per heavy atom. The third kappa shape index (κ3) is 4.22. The van der Waals surface area contributed by atoms with Gasteiger partial charge in [0.05, 0.1) is 11.7 Å². The molecule has 4 aromatic rings. The fraction of sp³-hybridized carbons (Fsp3) is 0.185. The molecule has 6 heteroatoms. The highest BCUT2D eigenvalue weighted by Crippen LogP contribution is 2.42. The molecule has 166 valence electrons. The Bertz CT molecular complexity index is 1220. The van der Waals surface area contributed by atoms with Crippen molar-refractivity contribution in [3.05, 3.63) is 109 Å². The molecular formula is C27H26N4OS. The second-order valence-electron chi connectivity index (χ2n) is 8.34. The van der Waals surface area contributed by atoms with Gasteiger partial charge in [0, 0.05) is 29.8 Å². The van der Waals surface area contributed by atoms with Gasteiger partial charge in [-0.25, -0.2) is 0 Å². The standard InChI is InChI=1S/C27H26N4OS/c1-19(2)30-18-8-12-24(30)26-25(23-11-6-7-17-28-23)29-27(33)31(26)20-13-15-22(16-14-20)32-21-9-4-3-5-10-21/h3-19,25-26H,1-2H3,(H,29,33). The highest BCUT2D eigenvalue weighted by Gasteiger charge is 2.42. The quantitative estimate of drug-likeness (QED) is 0.340. The zero-order valence-electron chi connectivity index (χ0n) is 18.6. The van der Waals surface area contributed by atoms with E-state index in [2.05, 4.69) is 70.1 Å². The summed E-state index contributed by atoms with van der Waals surface area (Å²) in [4.78, 5) is 6.83. The molecule has 1 aliphatic rings. The van der Waals surface area contributed by atoms with Gasteiger partial charge in [0.25, 0.3) is 0 Å². The number of aromatic nitrogens is 2. The van der Waals surface area contributed by atoms with Crippen LogP contribution >= 0.6 is 12.2 Å². The topological polar surface area (TPSA) is 42.3 Å². The molecular weight excluding hydrogens is 428 g/mol.